The van der Waals surface area contributed by atoms with Crippen LogP contribution in [0.3, 0.4) is 0 Å². The number of nitrogen functional groups attached to an aromatic ring is 2. The molecule has 4 aliphatic carbocycles. The summed E-state index contributed by atoms with van der Waals surface area (Å²) in [5, 5.41) is 0. The highest BCUT2D eigenvalue weighted by Crippen LogP contribution is 2.66. The van der Waals surface area contributed by atoms with Gasteiger partial charge in [-0.15, -0.1) is 0 Å². The topological polar surface area (TPSA) is 52.0 Å². The third-order valence-electron chi connectivity index (χ3n) is 6.00. The molecule has 1 aromatic rings. The molecule has 2 nitrogen and oxygen atoms in total. The number of benzene rings is 1. The maximum absolute atomic E-state index is 6.30. The lowest BCUT2D eigenvalue weighted by Crippen LogP contribution is -2.53. The Morgan fingerprint density at radius 1 is 1.05 bits per heavy atom. The van der Waals surface area contributed by atoms with Crippen LogP contribution in [-0.4, -0.2) is 0 Å². The molecule has 4 N–H and O–H groups in total. The van der Waals surface area contributed by atoms with Crippen molar-refractivity contribution in [2.24, 2.45) is 17.3 Å². The lowest BCUT2D eigenvalue weighted by atomic mass is 9.43. The van der Waals surface area contributed by atoms with Crippen LogP contribution in [0, 0.1) is 17.3 Å². The predicted octanol–water partition coefficient (Wildman–Crippen LogP) is 3.71. The molecule has 4 saturated carbocycles. The van der Waals surface area contributed by atoms with E-state index in [0.717, 1.165) is 23.2 Å². The van der Waals surface area contributed by atoms with E-state index in [-0.39, 0.29) is 0 Å². The molecule has 19 heavy (non-hydrogen) atoms. The number of anilines is 2. The van der Waals surface area contributed by atoms with Crippen LogP contribution in [0.1, 0.15) is 51.0 Å². The minimum Gasteiger partial charge on any atom is -0.399 e. The summed E-state index contributed by atoms with van der Waals surface area (Å²) < 4.78 is 0. The molecule has 2 unspecified atom stereocenters. The lowest BCUT2D eigenvalue weighted by molar-refractivity contribution is -0.0612. The molecular weight excluding hydrogens is 232 g/mol. The Morgan fingerprint density at radius 3 is 2.37 bits per heavy atom. The van der Waals surface area contributed by atoms with Gasteiger partial charge in [-0.2, -0.15) is 0 Å². The third kappa shape index (κ3) is 1.62. The zero-order valence-electron chi connectivity index (χ0n) is 11.8. The second-order valence-corrected chi connectivity index (χ2v) is 7.90. The van der Waals surface area contributed by atoms with Crippen molar-refractivity contribution in [3.05, 3.63) is 23.8 Å². The van der Waals surface area contributed by atoms with Crippen LogP contribution in [0.5, 0.6) is 0 Å². The van der Waals surface area contributed by atoms with E-state index in [4.69, 9.17) is 11.5 Å². The average Bonchev–Trinajstić information content (AvgIpc) is 2.29. The van der Waals surface area contributed by atoms with Crippen LogP contribution in [0.15, 0.2) is 18.2 Å². The van der Waals surface area contributed by atoms with Crippen molar-refractivity contribution >= 4 is 11.4 Å². The Hall–Kier alpha value is -1.18. The fourth-order valence-electron chi connectivity index (χ4n) is 6.07. The minimum absolute atomic E-state index is 0.332. The van der Waals surface area contributed by atoms with Gasteiger partial charge in [0, 0.05) is 11.4 Å². The van der Waals surface area contributed by atoms with Gasteiger partial charge in [-0.1, -0.05) is 6.92 Å². The van der Waals surface area contributed by atoms with Gasteiger partial charge in [-0.25, -0.2) is 0 Å². The fourth-order valence-corrected chi connectivity index (χ4v) is 6.07. The Kier molecular flexibility index (Phi) is 2.13. The van der Waals surface area contributed by atoms with Gasteiger partial charge in [-0.05, 0) is 85.0 Å². The maximum Gasteiger partial charge on any atom is 0.0353 e. The molecule has 0 radical (unpaired) electrons. The molecule has 4 aliphatic rings. The zero-order valence-corrected chi connectivity index (χ0v) is 11.8. The van der Waals surface area contributed by atoms with Gasteiger partial charge in [-0.3, -0.25) is 0 Å². The van der Waals surface area contributed by atoms with Crippen LogP contribution in [-0.2, 0) is 5.41 Å². The summed E-state index contributed by atoms with van der Waals surface area (Å²) in [5.74, 6) is 1.85. The Labute approximate surface area is 115 Å². The first-order valence-electron chi connectivity index (χ1n) is 7.64. The number of rotatable bonds is 1. The monoisotopic (exact) mass is 256 g/mol. The van der Waals surface area contributed by atoms with Crippen molar-refractivity contribution in [3.63, 3.8) is 0 Å². The van der Waals surface area contributed by atoms with Gasteiger partial charge in [0.1, 0.15) is 0 Å². The quantitative estimate of drug-likeness (QED) is 0.753. The first kappa shape index (κ1) is 11.6. The average molecular weight is 256 g/mol. The van der Waals surface area contributed by atoms with E-state index in [1.54, 1.807) is 0 Å². The highest BCUT2D eigenvalue weighted by Gasteiger charge is 2.56. The van der Waals surface area contributed by atoms with Gasteiger partial charge in [0.05, 0.1) is 0 Å². The smallest absolute Gasteiger partial charge is 0.0353 e. The zero-order chi connectivity index (χ0) is 13.3. The summed E-state index contributed by atoms with van der Waals surface area (Å²) in [6.07, 6.45) is 8.33. The molecule has 4 fully saturated rings. The number of hydrogen-bond donors (Lipinski definition) is 2. The first-order valence-corrected chi connectivity index (χ1v) is 7.64. The second kappa shape index (κ2) is 3.47. The van der Waals surface area contributed by atoms with Gasteiger partial charge in [0.2, 0.25) is 0 Å². The fraction of sp³-hybridized carbons (Fsp3) is 0.647. The standard InChI is InChI=1S/C17H24N2/c1-16-6-11-4-12(7-16)9-17(8-11,10-16)14-5-13(18)2-3-15(14)19/h2-3,5,11-12H,4,6-10,18-19H2,1H3. The lowest BCUT2D eigenvalue weighted by Gasteiger charge is -2.61. The summed E-state index contributed by atoms with van der Waals surface area (Å²) in [5.41, 5.74) is 16.4. The number of nitrogens with two attached hydrogens (primary N) is 2. The summed E-state index contributed by atoms with van der Waals surface area (Å²) in [7, 11) is 0. The predicted molar refractivity (Wildman–Crippen MR) is 79.7 cm³/mol. The molecule has 5 rings (SSSR count). The highest BCUT2D eigenvalue weighted by molar-refractivity contribution is 5.59. The van der Waals surface area contributed by atoms with E-state index in [1.165, 1.54) is 44.1 Å². The van der Waals surface area contributed by atoms with Crippen molar-refractivity contribution in [2.45, 2.75) is 50.9 Å². The Bertz CT molecular complexity index is 520. The van der Waals surface area contributed by atoms with Crippen molar-refractivity contribution < 1.29 is 0 Å². The van der Waals surface area contributed by atoms with E-state index in [2.05, 4.69) is 13.0 Å². The third-order valence-corrected chi connectivity index (χ3v) is 6.00. The van der Waals surface area contributed by atoms with E-state index < -0.39 is 0 Å². The molecule has 4 bridgehead atoms. The summed E-state index contributed by atoms with van der Waals surface area (Å²) >= 11 is 0. The second-order valence-electron chi connectivity index (χ2n) is 7.90. The Balaban J connectivity index is 1.83. The van der Waals surface area contributed by atoms with Crippen molar-refractivity contribution in [2.75, 3.05) is 11.5 Å². The van der Waals surface area contributed by atoms with Crippen LogP contribution in [0.2, 0.25) is 0 Å². The summed E-state index contributed by atoms with van der Waals surface area (Å²) in [6, 6.07) is 6.10. The van der Waals surface area contributed by atoms with E-state index in [1.807, 2.05) is 12.1 Å². The summed E-state index contributed by atoms with van der Waals surface area (Å²) in [6.45, 7) is 2.50. The van der Waals surface area contributed by atoms with Crippen LogP contribution in [0.4, 0.5) is 11.4 Å². The van der Waals surface area contributed by atoms with E-state index in [9.17, 15) is 0 Å². The molecule has 1 aromatic carbocycles. The normalized spacial score (nSPS) is 43.6. The Morgan fingerprint density at radius 2 is 1.74 bits per heavy atom. The molecule has 0 amide bonds. The number of hydrogen-bond acceptors (Lipinski definition) is 2. The molecule has 102 valence electrons. The van der Waals surface area contributed by atoms with Gasteiger partial charge < -0.3 is 11.5 Å². The van der Waals surface area contributed by atoms with Gasteiger partial charge in [0.25, 0.3) is 0 Å². The van der Waals surface area contributed by atoms with Crippen molar-refractivity contribution in [1.29, 1.82) is 0 Å². The van der Waals surface area contributed by atoms with Crippen molar-refractivity contribution in [1.82, 2.24) is 0 Å². The summed E-state index contributed by atoms with van der Waals surface area (Å²) in [4.78, 5) is 0. The SMILES string of the molecule is CC12CC3CC(C1)CC(c1cc(N)ccc1N)(C3)C2. The van der Waals surface area contributed by atoms with Gasteiger partial charge in [0.15, 0.2) is 0 Å². The molecule has 2 atom stereocenters. The van der Waals surface area contributed by atoms with E-state index >= 15 is 0 Å². The van der Waals surface area contributed by atoms with Crippen LogP contribution >= 0.6 is 0 Å². The highest BCUT2D eigenvalue weighted by atomic mass is 14.7. The molecule has 2 heteroatoms. The van der Waals surface area contributed by atoms with Crippen LogP contribution < -0.4 is 11.5 Å². The minimum atomic E-state index is 0.332. The molecule has 0 aliphatic heterocycles. The molecule has 0 spiro atoms. The molecular formula is C17H24N2. The van der Waals surface area contributed by atoms with Crippen molar-refractivity contribution in [3.8, 4) is 0 Å². The maximum atomic E-state index is 6.30. The molecule has 0 heterocycles. The van der Waals surface area contributed by atoms with Crippen LogP contribution in [0.25, 0.3) is 0 Å². The van der Waals surface area contributed by atoms with E-state index in [0.29, 0.717) is 10.8 Å². The molecule has 0 saturated heterocycles. The van der Waals surface area contributed by atoms with Gasteiger partial charge >= 0.3 is 0 Å². The largest absolute Gasteiger partial charge is 0.399 e. The first-order chi connectivity index (χ1) is 8.98. The molecule has 0 aromatic heterocycles.